The lowest BCUT2D eigenvalue weighted by atomic mass is 9.63. The van der Waals surface area contributed by atoms with Crippen LogP contribution in [0.4, 0.5) is 4.39 Å². The van der Waals surface area contributed by atoms with Crippen molar-refractivity contribution in [1.29, 1.82) is 0 Å². The van der Waals surface area contributed by atoms with E-state index in [1.54, 1.807) is 27.7 Å². The van der Waals surface area contributed by atoms with Gasteiger partial charge in [0.25, 0.3) is 0 Å². The third-order valence-electron chi connectivity index (χ3n) is 4.74. The van der Waals surface area contributed by atoms with Crippen molar-refractivity contribution in [2.75, 3.05) is 0 Å². The molecule has 28 heavy (non-hydrogen) atoms. The van der Waals surface area contributed by atoms with Gasteiger partial charge >= 0.3 is 11.9 Å². The van der Waals surface area contributed by atoms with Crippen LogP contribution in [0.2, 0.25) is 0 Å². The lowest BCUT2D eigenvalue weighted by Crippen LogP contribution is -2.55. The van der Waals surface area contributed by atoms with Crippen LogP contribution in [0.3, 0.4) is 0 Å². The summed E-state index contributed by atoms with van der Waals surface area (Å²) in [6.45, 7) is 7.92. The molecule has 1 saturated carbocycles. The molecule has 1 aliphatic carbocycles. The van der Waals surface area contributed by atoms with Gasteiger partial charge in [0, 0.05) is 5.92 Å². The normalized spacial score (nSPS) is 27.8. The topological polar surface area (TPSA) is 89.9 Å². The van der Waals surface area contributed by atoms with Crippen LogP contribution in [-0.2, 0) is 23.9 Å². The fraction of sp³-hybridized carbons (Fsp3) is 0.571. The van der Waals surface area contributed by atoms with Crippen molar-refractivity contribution in [3.63, 3.8) is 0 Å². The zero-order chi connectivity index (χ0) is 21.2. The van der Waals surface area contributed by atoms with Gasteiger partial charge in [-0.15, -0.1) is 0 Å². The summed E-state index contributed by atoms with van der Waals surface area (Å²) >= 11 is 0. The average molecular weight is 394 g/mol. The van der Waals surface area contributed by atoms with Gasteiger partial charge in [-0.25, -0.2) is 4.39 Å². The molecule has 0 aliphatic heterocycles. The highest BCUT2D eigenvalue weighted by Gasteiger charge is 2.56. The van der Waals surface area contributed by atoms with Crippen LogP contribution in [0.1, 0.15) is 52.5 Å². The van der Waals surface area contributed by atoms with E-state index in [9.17, 15) is 23.9 Å². The minimum Gasteiger partial charge on any atom is -0.463 e. The van der Waals surface area contributed by atoms with E-state index in [1.807, 2.05) is 0 Å². The van der Waals surface area contributed by atoms with Crippen molar-refractivity contribution in [2.45, 2.75) is 64.8 Å². The van der Waals surface area contributed by atoms with Crippen molar-refractivity contribution in [3.8, 4) is 0 Å². The molecule has 0 unspecified atom stereocenters. The number of Topliss-reactive ketones (excluding diaryl/α,β-unsaturated/α-hetero) is 1. The highest BCUT2D eigenvalue weighted by Crippen LogP contribution is 2.45. The summed E-state index contributed by atoms with van der Waals surface area (Å²) in [5.74, 6) is -5.95. The molecule has 0 radical (unpaired) electrons. The van der Waals surface area contributed by atoms with Gasteiger partial charge in [-0.2, -0.15) is 0 Å². The molecule has 1 aromatic rings. The second kappa shape index (κ2) is 8.39. The summed E-state index contributed by atoms with van der Waals surface area (Å²) in [5.41, 5.74) is -1.46. The average Bonchev–Trinajstić information content (AvgIpc) is 2.56. The Kier molecular flexibility index (Phi) is 6.59. The fourth-order valence-corrected chi connectivity index (χ4v) is 3.60. The molecule has 6 nitrogen and oxygen atoms in total. The third kappa shape index (κ3) is 4.76. The maximum Gasteiger partial charge on any atom is 0.317 e. The standard InChI is InChI=1S/C21H27FO6/c1-11(2)27-19(24)15-10-21(5,26)18(23)17(20(25)28-12(3)4)16(15)13-6-8-14(22)9-7-13/h6-9,11-12,15-17,26H,10H2,1-5H3/t15-,16+,17+,21-/m0/s1. The number of ether oxygens (including phenoxy) is 2. The number of benzene rings is 1. The molecule has 1 aromatic carbocycles. The number of carbonyl (C=O) groups excluding carboxylic acids is 3. The number of aliphatic hydroxyl groups is 1. The monoisotopic (exact) mass is 394 g/mol. The lowest BCUT2D eigenvalue weighted by Gasteiger charge is -2.42. The first-order valence-electron chi connectivity index (χ1n) is 9.37. The van der Waals surface area contributed by atoms with Gasteiger partial charge in [0.15, 0.2) is 5.78 Å². The molecule has 0 saturated heterocycles. The fourth-order valence-electron chi connectivity index (χ4n) is 3.60. The Hall–Kier alpha value is -2.28. The van der Waals surface area contributed by atoms with E-state index in [-0.39, 0.29) is 6.42 Å². The Balaban J connectivity index is 2.57. The molecule has 1 aliphatic rings. The summed E-state index contributed by atoms with van der Waals surface area (Å²) in [7, 11) is 0. The molecular weight excluding hydrogens is 367 g/mol. The second-order valence-electron chi connectivity index (χ2n) is 7.98. The molecule has 0 bridgehead atoms. The SMILES string of the molecule is CC(C)OC(=O)[C@H]1C(=O)[C@@](C)(O)C[C@H](C(=O)OC(C)C)[C@H]1c1ccc(F)cc1. The molecular formula is C21H27FO6. The Bertz CT molecular complexity index is 738. The molecule has 1 fully saturated rings. The van der Waals surface area contributed by atoms with Crippen LogP contribution < -0.4 is 0 Å². The molecule has 154 valence electrons. The second-order valence-corrected chi connectivity index (χ2v) is 7.98. The number of ketones is 1. The van der Waals surface area contributed by atoms with Crippen LogP contribution in [-0.4, -0.2) is 40.6 Å². The number of halogens is 1. The van der Waals surface area contributed by atoms with Crippen molar-refractivity contribution in [3.05, 3.63) is 35.6 Å². The third-order valence-corrected chi connectivity index (χ3v) is 4.74. The number of carbonyl (C=O) groups is 3. The molecule has 2 rings (SSSR count). The van der Waals surface area contributed by atoms with E-state index < -0.39 is 59.1 Å². The number of hydrogen-bond donors (Lipinski definition) is 1. The van der Waals surface area contributed by atoms with Crippen LogP contribution in [0, 0.1) is 17.7 Å². The van der Waals surface area contributed by atoms with Gasteiger partial charge in [-0.1, -0.05) is 12.1 Å². The Morgan fingerprint density at radius 3 is 2.07 bits per heavy atom. The van der Waals surface area contributed by atoms with Gasteiger partial charge < -0.3 is 14.6 Å². The van der Waals surface area contributed by atoms with E-state index in [4.69, 9.17) is 9.47 Å². The van der Waals surface area contributed by atoms with Crippen LogP contribution in [0.5, 0.6) is 0 Å². The summed E-state index contributed by atoms with van der Waals surface area (Å²) in [6.07, 6.45) is -1.10. The van der Waals surface area contributed by atoms with Crippen molar-refractivity contribution in [2.24, 2.45) is 11.8 Å². The highest BCUT2D eigenvalue weighted by molar-refractivity contribution is 6.06. The van der Waals surface area contributed by atoms with Gasteiger partial charge in [0.1, 0.15) is 17.3 Å². The molecule has 0 spiro atoms. The zero-order valence-electron chi connectivity index (χ0n) is 16.8. The van der Waals surface area contributed by atoms with Gasteiger partial charge in [-0.3, -0.25) is 14.4 Å². The molecule has 0 heterocycles. The first kappa shape index (κ1) is 22.0. The number of esters is 2. The maximum atomic E-state index is 13.4. The van der Waals surface area contributed by atoms with E-state index in [1.165, 1.54) is 31.2 Å². The Morgan fingerprint density at radius 1 is 1.07 bits per heavy atom. The van der Waals surface area contributed by atoms with Crippen molar-refractivity contribution < 1.29 is 33.4 Å². The van der Waals surface area contributed by atoms with Gasteiger partial charge in [0.05, 0.1) is 18.1 Å². The number of rotatable bonds is 5. The highest BCUT2D eigenvalue weighted by atomic mass is 19.1. The molecule has 7 heteroatoms. The predicted octanol–water partition coefficient (Wildman–Crippen LogP) is 2.77. The smallest absolute Gasteiger partial charge is 0.317 e. The quantitative estimate of drug-likeness (QED) is 0.610. The van der Waals surface area contributed by atoms with E-state index >= 15 is 0 Å². The molecule has 4 atom stereocenters. The van der Waals surface area contributed by atoms with Crippen molar-refractivity contribution >= 4 is 17.7 Å². The van der Waals surface area contributed by atoms with E-state index in [0.717, 1.165) is 0 Å². The van der Waals surface area contributed by atoms with Gasteiger partial charge in [0.2, 0.25) is 0 Å². The van der Waals surface area contributed by atoms with Crippen LogP contribution in [0.15, 0.2) is 24.3 Å². The minimum absolute atomic E-state index is 0.203. The first-order valence-corrected chi connectivity index (χ1v) is 9.37. The van der Waals surface area contributed by atoms with Crippen LogP contribution >= 0.6 is 0 Å². The number of hydrogen-bond acceptors (Lipinski definition) is 6. The van der Waals surface area contributed by atoms with Gasteiger partial charge in [-0.05, 0) is 58.7 Å². The first-order chi connectivity index (χ1) is 12.9. The summed E-state index contributed by atoms with van der Waals surface area (Å²) in [5, 5.41) is 10.6. The molecule has 0 amide bonds. The maximum absolute atomic E-state index is 13.4. The predicted molar refractivity (Wildman–Crippen MR) is 98.8 cm³/mol. The van der Waals surface area contributed by atoms with E-state index in [0.29, 0.717) is 5.56 Å². The molecule has 1 N–H and O–H groups in total. The molecule has 0 aromatic heterocycles. The summed E-state index contributed by atoms with van der Waals surface area (Å²) in [6, 6.07) is 5.25. The van der Waals surface area contributed by atoms with Crippen molar-refractivity contribution in [1.82, 2.24) is 0 Å². The lowest BCUT2D eigenvalue weighted by molar-refractivity contribution is -0.173. The zero-order valence-corrected chi connectivity index (χ0v) is 16.8. The minimum atomic E-state index is -1.89. The van der Waals surface area contributed by atoms with E-state index in [2.05, 4.69) is 0 Å². The summed E-state index contributed by atoms with van der Waals surface area (Å²) in [4.78, 5) is 38.5. The largest absolute Gasteiger partial charge is 0.463 e. The Labute approximate surface area is 164 Å². The Morgan fingerprint density at radius 2 is 1.57 bits per heavy atom. The van der Waals surface area contributed by atoms with Crippen LogP contribution in [0.25, 0.3) is 0 Å². The summed E-state index contributed by atoms with van der Waals surface area (Å²) < 4.78 is 24.0.